The van der Waals surface area contributed by atoms with E-state index >= 15 is 0 Å². The first-order valence-electron chi connectivity index (χ1n) is 4.82. The highest BCUT2D eigenvalue weighted by Crippen LogP contribution is 2.66. The fraction of sp³-hybridized carbons (Fsp3) is 0.818. The highest BCUT2D eigenvalue weighted by Gasteiger charge is 2.56. The van der Waals surface area contributed by atoms with Gasteiger partial charge in [0.25, 0.3) is 0 Å². The van der Waals surface area contributed by atoms with Gasteiger partial charge in [-0.3, -0.25) is 0 Å². The molecule has 0 N–H and O–H groups in total. The third kappa shape index (κ3) is 0.953. The van der Waals surface area contributed by atoms with Crippen LogP contribution in [0.25, 0.3) is 0 Å². The Morgan fingerprint density at radius 2 is 2.27 bits per heavy atom. The van der Waals surface area contributed by atoms with Crippen LogP contribution in [0.3, 0.4) is 0 Å². The molecule has 11 heavy (non-hydrogen) atoms. The van der Waals surface area contributed by atoms with Crippen molar-refractivity contribution >= 4 is 0 Å². The molecule has 2 aliphatic carbocycles. The lowest BCUT2D eigenvalue weighted by atomic mass is 9.79. The summed E-state index contributed by atoms with van der Waals surface area (Å²) in [6.45, 7) is 8.85. The Morgan fingerprint density at radius 3 is 2.82 bits per heavy atom. The molecule has 62 valence electrons. The predicted octanol–water partition coefficient (Wildman–Crippen LogP) is 3.39. The van der Waals surface area contributed by atoms with E-state index in [9.17, 15) is 0 Å². The van der Waals surface area contributed by atoms with Crippen LogP contribution in [0.1, 0.15) is 39.5 Å². The van der Waals surface area contributed by atoms with Gasteiger partial charge < -0.3 is 0 Å². The van der Waals surface area contributed by atoms with Crippen molar-refractivity contribution in [2.45, 2.75) is 39.5 Å². The quantitative estimate of drug-likeness (QED) is 0.503. The average molecular weight is 150 g/mol. The van der Waals surface area contributed by atoms with Gasteiger partial charge in [0.15, 0.2) is 0 Å². The molecule has 0 bridgehead atoms. The zero-order valence-electron chi connectivity index (χ0n) is 7.69. The van der Waals surface area contributed by atoms with Gasteiger partial charge in [0, 0.05) is 0 Å². The monoisotopic (exact) mass is 150 g/mol. The van der Waals surface area contributed by atoms with Crippen molar-refractivity contribution in [3.05, 3.63) is 12.2 Å². The minimum Gasteiger partial charge on any atom is -0.0999 e. The van der Waals surface area contributed by atoms with E-state index in [-0.39, 0.29) is 0 Å². The molecule has 0 nitrogen and oxygen atoms in total. The summed E-state index contributed by atoms with van der Waals surface area (Å²) in [6, 6.07) is 0. The van der Waals surface area contributed by atoms with E-state index in [0.29, 0.717) is 0 Å². The maximum absolute atomic E-state index is 4.08. The van der Waals surface area contributed by atoms with Crippen LogP contribution in [0.4, 0.5) is 0 Å². The van der Waals surface area contributed by atoms with Crippen LogP contribution in [0.15, 0.2) is 12.2 Å². The molecule has 1 unspecified atom stereocenters. The molecule has 0 radical (unpaired) electrons. The van der Waals surface area contributed by atoms with E-state index < -0.39 is 0 Å². The topological polar surface area (TPSA) is 0 Å². The van der Waals surface area contributed by atoms with E-state index in [0.717, 1.165) is 17.3 Å². The van der Waals surface area contributed by atoms with Crippen LogP contribution >= 0.6 is 0 Å². The zero-order chi connectivity index (χ0) is 8.06. The number of hydrogen-bond donors (Lipinski definition) is 0. The summed E-state index contributed by atoms with van der Waals surface area (Å²) in [6.07, 6.45) is 5.55. The molecule has 0 aromatic heterocycles. The second-order valence-electron chi connectivity index (χ2n) is 4.74. The maximum atomic E-state index is 4.08. The Balaban J connectivity index is 2.07. The molecule has 0 aromatic carbocycles. The molecular formula is C11H18. The fourth-order valence-electron chi connectivity index (χ4n) is 2.84. The molecule has 0 heterocycles. The normalized spacial score (nSPS) is 42.5. The van der Waals surface area contributed by atoms with Gasteiger partial charge in [-0.25, -0.2) is 0 Å². The molecule has 2 rings (SSSR count). The van der Waals surface area contributed by atoms with Gasteiger partial charge in [0.2, 0.25) is 0 Å². The van der Waals surface area contributed by atoms with Crippen molar-refractivity contribution in [1.29, 1.82) is 0 Å². The number of allylic oxidation sites excluding steroid dienone is 1. The van der Waals surface area contributed by atoms with Crippen LogP contribution < -0.4 is 0 Å². The molecule has 2 atom stereocenters. The summed E-state index contributed by atoms with van der Waals surface area (Å²) >= 11 is 0. The Labute approximate surface area is 69.7 Å². The average Bonchev–Trinajstić information content (AvgIpc) is 2.62. The Morgan fingerprint density at radius 1 is 1.55 bits per heavy atom. The lowest BCUT2D eigenvalue weighted by Gasteiger charge is -2.26. The van der Waals surface area contributed by atoms with Gasteiger partial charge in [0.05, 0.1) is 0 Å². The van der Waals surface area contributed by atoms with Crippen molar-refractivity contribution in [2.24, 2.45) is 17.3 Å². The highest BCUT2D eigenvalue weighted by atomic mass is 14.6. The van der Waals surface area contributed by atoms with Crippen molar-refractivity contribution in [3.63, 3.8) is 0 Å². The van der Waals surface area contributed by atoms with Crippen molar-refractivity contribution in [1.82, 2.24) is 0 Å². The molecule has 2 fully saturated rings. The van der Waals surface area contributed by atoms with Crippen LogP contribution in [0, 0.1) is 17.3 Å². The predicted molar refractivity (Wildman–Crippen MR) is 48.4 cm³/mol. The first kappa shape index (κ1) is 7.39. The Kier molecular flexibility index (Phi) is 1.42. The summed E-state index contributed by atoms with van der Waals surface area (Å²) in [5, 5.41) is 0. The Hall–Kier alpha value is -0.260. The minimum atomic E-state index is 0.765. The van der Waals surface area contributed by atoms with Crippen molar-refractivity contribution in [2.75, 3.05) is 0 Å². The standard InChI is InChI=1S/C11H18/c1-8(2)11-5-4-9(3)6-10(11)7-11/h8,10H,3-7H2,1-2H3/t10?,11-/m1/s1. The number of rotatable bonds is 1. The van der Waals surface area contributed by atoms with E-state index in [2.05, 4.69) is 20.4 Å². The van der Waals surface area contributed by atoms with Crippen LogP contribution in [-0.2, 0) is 0 Å². The lowest BCUT2D eigenvalue weighted by molar-refractivity contribution is 0.279. The van der Waals surface area contributed by atoms with Gasteiger partial charge in [-0.05, 0) is 42.9 Å². The molecule has 0 saturated heterocycles. The largest absolute Gasteiger partial charge is 0.0999 e. The van der Waals surface area contributed by atoms with Gasteiger partial charge in [-0.1, -0.05) is 26.0 Å². The summed E-state index contributed by atoms with van der Waals surface area (Å²) < 4.78 is 0. The highest BCUT2D eigenvalue weighted by molar-refractivity contribution is 5.16. The lowest BCUT2D eigenvalue weighted by Crippen LogP contribution is -2.16. The minimum absolute atomic E-state index is 0.765. The van der Waals surface area contributed by atoms with Gasteiger partial charge in [-0.15, -0.1) is 0 Å². The van der Waals surface area contributed by atoms with Gasteiger partial charge in [-0.2, -0.15) is 0 Å². The first-order chi connectivity index (χ1) is 5.15. The molecule has 0 amide bonds. The molecule has 0 heteroatoms. The van der Waals surface area contributed by atoms with E-state index in [4.69, 9.17) is 0 Å². The number of hydrogen-bond acceptors (Lipinski definition) is 0. The van der Waals surface area contributed by atoms with Crippen molar-refractivity contribution < 1.29 is 0 Å². The molecule has 2 saturated carbocycles. The van der Waals surface area contributed by atoms with Crippen LogP contribution in [-0.4, -0.2) is 0 Å². The summed E-state index contributed by atoms with van der Waals surface area (Å²) in [5.41, 5.74) is 2.27. The maximum Gasteiger partial charge on any atom is -0.0237 e. The molecule has 0 aromatic rings. The molecule has 0 aliphatic heterocycles. The van der Waals surface area contributed by atoms with Crippen LogP contribution in [0.2, 0.25) is 0 Å². The summed E-state index contributed by atoms with van der Waals surface area (Å²) in [5.74, 6) is 1.92. The fourth-order valence-corrected chi connectivity index (χ4v) is 2.84. The first-order valence-corrected chi connectivity index (χ1v) is 4.82. The Bertz CT molecular complexity index is 190. The van der Waals surface area contributed by atoms with Crippen LogP contribution in [0.5, 0.6) is 0 Å². The summed E-state index contributed by atoms with van der Waals surface area (Å²) in [4.78, 5) is 0. The molecular weight excluding hydrogens is 132 g/mol. The van der Waals surface area contributed by atoms with Gasteiger partial charge in [0.1, 0.15) is 0 Å². The third-order valence-electron chi connectivity index (χ3n) is 3.91. The SMILES string of the molecule is C=C1CC[C@]2(C(C)C)CC2C1. The van der Waals surface area contributed by atoms with Crippen molar-refractivity contribution in [3.8, 4) is 0 Å². The zero-order valence-corrected chi connectivity index (χ0v) is 7.69. The number of fused-ring (bicyclic) bond motifs is 1. The second-order valence-corrected chi connectivity index (χ2v) is 4.74. The van der Waals surface area contributed by atoms with E-state index in [1.807, 2.05) is 0 Å². The van der Waals surface area contributed by atoms with E-state index in [1.54, 1.807) is 0 Å². The summed E-state index contributed by atoms with van der Waals surface area (Å²) in [7, 11) is 0. The molecule has 0 spiro atoms. The van der Waals surface area contributed by atoms with Gasteiger partial charge >= 0.3 is 0 Å². The third-order valence-corrected chi connectivity index (χ3v) is 3.91. The second kappa shape index (κ2) is 2.12. The molecule has 2 aliphatic rings. The van der Waals surface area contributed by atoms with E-state index in [1.165, 1.54) is 31.3 Å². The smallest absolute Gasteiger partial charge is 0.0237 e.